The van der Waals surface area contributed by atoms with Gasteiger partial charge in [-0.05, 0) is 54.2 Å². The number of rotatable bonds is 8. The van der Waals surface area contributed by atoms with Gasteiger partial charge in [-0.15, -0.1) is 0 Å². The van der Waals surface area contributed by atoms with E-state index in [9.17, 15) is 8.60 Å². The number of hydrogen-bond donors (Lipinski definition) is 0. The van der Waals surface area contributed by atoms with Gasteiger partial charge >= 0.3 is 0 Å². The third kappa shape index (κ3) is 5.47. The molecule has 0 unspecified atom stereocenters. The summed E-state index contributed by atoms with van der Waals surface area (Å²) in [6.45, 7) is 2.10. The molecule has 1 aliphatic heterocycles. The normalized spacial score (nSPS) is 15.1. The zero-order valence-electron chi connectivity index (χ0n) is 19.5. The molecule has 7 nitrogen and oxygen atoms in total. The van der Waals surface area contributed by atoms with Crippen molar-refractivity contribution < 1.29 is 22.8 Å². The lowest BCUT2D eigenvalue weighted by Crippen LogP contribution is -2.36. The summed E-state index contributed by atoms with van der Waals surface area (Å²) in [6, 6.07) is 10.3. The Morgan fingerprint density at radius 1 is 1.00 bits per heavy atom. The summed E-state index contributed by atoms with van der Waals surface area (Å²) >= 11 is 0. The van der Waals surface area contributed by atoms with Crippen LogP contribution in [-0.2, 0) is 10.8 Å². The van der Waals surface area contributed by atoms with Gasteiger partial charge in [-0.25, -0.2) is 14.4 Å². The Labute approximate surface area is 201 Å². The van der Waals surface area contributed by atoms with Crippen molar-refractivity contribution in [1.29, 1.82) is 0 Å². The number of methoxy groups -OCH3 is 2. The largest absolute Gasteiger partial charge is 0.495 e. The average molecular weight is 486 g/mol. The molecule has 2 aromatic carbocycles. The Morgan fingerprint density at radius 2 is 1.68 bits per heavy atom. The number of piperidine rings is 1. The molecule has 0 aliphatic carbocycles. The molecule has 0 spiro atoms. The minimum atomic E-state index is -1.17. The molecule has 0 N–H and O–H groups in total. The minimum absolute atomic E-state index is 0.239. The van der Waals surface area contributed by atoms with Gasteiger partial charge in [0.05, 0.1) is 48.9 Å². The summed E-state index contributed by atoms with van der Waals surface area (Å²) in [4.78, 5) is 11.4. The van der Waals surface area contributed by atoms with Crippen LogP contribution in [0.1, 0.15) is 12.8 Å². The fourth-order valence-electron chi connectivity index (χ4n) is 3.97. The number of ether oxygens (including phenoxy) is 3. The van der Waals surface area contributed by atoms with E-state index in [1.54, 1.807) is 44.0 Å². The highest BCUT2D eigenvalue weighted by atomic mass is 32.2. The van der Waals surface area contributed by atoms with E-state index in [4.69, 9.17) is 14.2 Å². The van der Waals surface area contributed by atoms with Gasteiger partial charge in [0.25, 0.3) is 0 Å². The van der Waals surface area contributed by atoms with Gasteiger partial charge in [-0.2, -0.15) is 0 Å². The molecule has 180 valence electrons. The van der Waals surface area contributed by atoms with Crippen molar-refractivity contribution in [2.75, 3.05) is 45.1 Å². The van der Waals surface area contributed by atoms with Gasteiger partial charge in [-0.3, -0.25) is 4.21 Å². The van der Waals surface area contributed by atoms with E-state index in [0.29, 0.717) is 40.4 Å². The third-order valence-electron chi connectivity index (χ3n) is 5.96. The minimum Gasteiger partial charge on any atom is -0.495 e. The zero-order chi connectivity index (χ0) is 24.1. The maximum Gasteiger partial charge on any atom is 0.225 e. The van der Waals surface area contributed by atoms with Crippen molar-refractivity contribution in [3.63, 3.8) is 0 Å². The lowest BCUT2D eigenvalue weighted by molar-refractivity contribution is 0.215. The molecule has 0 saturated carbocycles. The molecule has 0 amide bonds. The number of hydrogen-bond acceptors (Lipinski definition) is 7. The first-order chi connectivity index (χ1) is 16.5. The summed E-state index contributed by atoms with van der Waals surface area (Å²) < 4.78 is 42.9. The maximum atomic E-state index is 14.8. The molecule has 2 heterocycles. The zero-order valence-corrected chi connectivity index (χ0v) is 20.3. The second-order valence-electron chi connectivity index (χ2n) is 8.13. The summed E-state index contributed by atoms with van der Waals surface area (Å²) in [5.41, 5.74) is 1.48. The van der Waals surface area contributed by atoms with Gasteiger partial charge in [-0.1, -0.05) is 12.1 Å². The highest BCUT2D eigenvalue weighted by Crippen LogP contribution is 2.32. The van der Waals surface area contributed by atoms with E-state index < -0.39 is 16.6 Å². The Bertz CT molecular complexity index is 1150. The van der Waals surface area contributed by atoms with Crippen LogP contribution in [-0.4, -0.2) is 54.3 Å². The fraction of sp³-hybridized carbons (Fsp3) is 0.360. The van der Waals surface area contributed by atoms with Crippen molar-refractivity contribution in [3.05, 3.63) is 54.6 Å². The Hall–Kier alpha value is -3.20. The lowest BCUT2D eigenvalue weighted by Gasteiger charge is -2.31. The van der Waals surface area contributed by atoms with Gasteiger partial charge in [0.15, 0.2) is 17.3 Å². The van der Waals surface area contributed by atoms with E-state index in [1.165, 1.54) is 13.2 Å². The van der Waals surface area contributed by atoms with Crippen LogP contribution in [0.2, 0.25) is 0 Å². The van der Waals surface area contributed by atoms with Crippen LogP contribution < -0.4 is 19.1 Å². The van der Waals surface area contributed by atoms with E-state index >= 15 is 0 Å². The maximum absolute atomic E-state index is 14.8. The molecule has 1 aliphatic rings. The molecular formula is C25H28FN3O4S. The van der Waals surface area contributed by atoms with Crippen LogP contribution in [0, 0.1) is 11.7 Å². The molecule has 1 saturated heterocycles. The molecular weight excluding hydrogens is 457 g/mol. The summed E-state index contributed by atoms with van der Waals surface area (Å²) in [6.07, 6.45) is 6.76. The standard InChI is InChI=1S/C25H28FN3O4S/c1-31-20-14-27-25(28-15-20)29-10-8-17(9-11-29)16-33-22-6-4-18(12-21(22)26)19-5-7-24(34(3)30)23(13-19)32-2/h4-7,12-15,17H,8-11,16H2,1-3H3/t34-/m0/s1. The first kappa shape index (κ1) is 23.9. The van der Waals surface area contributed by atoms with Crippen molar-refractivity contribution in [2.24, 2.45) is 5.92 Å². The van der Waals surface area contributed by atoms with E-state index in [0.717, 1.165) is 31.5 Å². The molecule has 1 fully saturated rings. The van der Waals surface area contributed by atoms with E-state index in [-0.39, 0.29) is 5.75 Å². The molecule has 4 rings (SSSR count). The number of aromatic nitrogens is 2. The Kier molecular flexibility index (Phi) is 7.62. The van der Waals surface area contributed by atoms with Gasteiger partial charge in [0.1, 0.15) is 5.75 Å². The predicted molar refractivity (Wildman–Crippen MR) is 130 cm³/mol. The number of anilines is 1. The van der Waals surface area contributed by atoms with Crippen molar-refractivity contribution in [3.8, 4) is 28.4 Å². The number of halogens is 1. The van der Waals surface area contributed by atoms with E-state index in [2.05, 4.69) is 14.9 Å². The summed E-state index contributed by atoms with van der Waals surface area (Å²) in [5.74, 6) is 2.00. The van der Waals surface area contributed by atoms with Crippen LogP contribution in [0.4, 0.5) is 10.3 Å². The SMILES string of the molecule is COc1cnc(N2CCC(COc3ccc(-c4ccc([S@](C)=O)c(OC)c4)cc3F)CC2)nc1. The molecule has 1 aromatic heterocycles. The molecule has 9 heteroatoms. The van der Waals surface area contributed by atoms with Crippen LogP contribution >= 0.6 is 0 Å². The highest BCUT2D eigenvalue weighted by molar-refractivity contribution is 7.84. The average Bonchev–Trinajstić information content (AvgIpc) is 2.88. The summed E-state index contributed by atoms with van der Waals surface area (Å²) in [7, 11) is 1.95. The predicted octanol–water partition coefficient (Wildman–Crippen LogP) is 4.33. The van der Waals surface area contributed by atoms with Crippen molar-refractivity contribution in [1.82, 2.24) is 9.97 Å². The van der Waals surface area contributed by atoms with Crippen LogP contribution in [0.5, 0.6) is 17.2 Å². The fourth-order valence-corrected chi connectivity index (χ4v) is 4.65. The first-order valence-electron chi connectivity index (χ1n) is 11.0. The summed E-state index contributed by atoms with van der Waals surface area (Å²) in [5, 5.41) is 0. The Balaban J connectivity index is 1.34. The second-order valence-corrected chi connectivity index (χ2v) is 9.48. The quantitative estimate of drug-likeness (QED) is 0.470. The molecule has 34 heavy (non-hydrogen) atoms. The van der Waals surface area contributed by atoms with Crippen molar-refractivity contribution >= 4 is 16.7 Å². The van der Waals surface area contributed by atoms with Gasteiger partial charge < -0.3 is 19.1 Å². The van der Waals surface area contributed by atoms with Gasteiger partial charge in [0.2, 0.25) is 5.95 Å². The topological polar surface area (TPSA) is 73.8 Å². The number of nitrogens with zero attached hydrogens (tertiary/aromatic N) is 3. The lowest BCUT2D eigenvalue weighted by atomic mass is 9.98. The van der Waals surface area contributed by atoms with Crippen LogP contribution in [0.25, 0.3) is 11.1 Å². The van der Waals surface area contributed by atoms with Crippen LogP contribution in [0.15, 0.2) is 53.7 Å². The smallest absolute Gasteiger partial charge is 0.225 e. The highest BCUT2D eigenvalue weighted by Gasteiger charge is 2.22. The number of benzene rings is 2. The monoisotopic (exact) mass is 485 g/mol. The van der Waals surface area contributed by atoms with Crippen molar-refractivity contribution in [2.45, 2.75) is 17.7 Å². The Morgan fingerprint density at radius 3 is 2.29 bits per heavy atom. The van der Waals surface area contributed by atoms with Crippen LogP contribution in [0.3, 0.4) is 0 Å². The molecule has 0 bridgehead atoms. The second kappa shape index (κ2) is 10.8. The third-order valence-corrected chi connectivity index (χ3v) is 6.92. The van der Waals surface area contributed by atoms with E-state index in [1.807, 2.05) is 12.1 Å². The molecule has 1 atom stereocenters. The molecule has 3 aromatic rings. The first-order valence-corrected chi connectivity index (χ1v) is 12.6. The van der Waals surface area contributed by atoms with Gasteiger partial charge in [0, 0.05) is 19.3 Å². The molecule has 0 radical (unpaired) electrons.